The van der Waals surface area contributed by atoms with Gasteiger partial charge in [-0.3, -0.25) is 14.4 Å². The Hall–Kier alpha value is -2.61. The fourth-order valence-corrected chi connectivity index (χ4v) is 3.55. The molecule has 0 unspecified atom stereocenters. The van der Waals surface area contributed by atoms with Crippen LogP contribution in [0.3, 0.4) is 0 Å². The van der Waals surface area contributed by atoms with E-state index >= 15 is 0 Å². The third-order valence-corrected chi connectivity index (χ3v) is 4.57. The van der Waals surface area contributed by atoms with E-state index in [1.54, 1.807) is 6.07 Å². The van der Waals surface area contributed by atoms with E-state index in [-0.39, 0.29) is 11.5 Å². The number of phenolic OH excluding ortho intramolecular Hbond substituents is 1. The fourth-order valence-electron chi connectivity index (χ4n) is 2.92. The summed E-state index contributed by atoms with van der Waals surface area (Å²) in [6.45, 7) is 3.27. The van der Waals surface area contributed by atoms with E-state index in [2.05, 4.69) is 0 Å². The smallest absolute Gasteiger partial charge is 0.339 e. The van der Waals surface area contributed by atoms with Gasteiger partial charge in [-0.05, 0) is 34.7 Å². The lowest BCUT2D eigenvalue weighted by Gasteiger charge is -2.43. The van der Waals surface area contributed by atoms with Crippen molar-refractivity contribution in [1.29, 1.82) is 0 Å². The van der Waals surface area contributed by atoms with Crippen LogP contribution < -0.4 is 4.74 Å². The molecule has 0 bridgehead atoms. The van der Waals surface area contributed by atoms with Crippen molar-refractivity contribution in [2.75, 3.05) is 7.11 Å². The van der Waals surface area contributed by atoms with Gasteiger partial charge in [-0.1, -0.05) is 0 Å². The van der Waals surface area contributed by atoms with Crippen molar-refractivity contribution in [1.82, 2.24) is 0 Å². The lowest BCUT2D eigenvalue weighted by atomic mass is 9.97. The zero-order valence-electron chi connectivity index (χ0n) is 17.0. The summed E-state index contributed by atoms with van der Waals surface area (Å²) in [4.78, 5) is 47.5. The quantitative estimate of drug-likeness (QED) is 0.308. The normalized spacial score (nSPS) is 25.1. The highest BCUT2D eigenvalue weighted by atomic mass is 127. The van der Waals surface area contributed by atoms with Crippen LogP contribution in [0.4, 0.5) is 0 Å². The van der Waals surface area contributed by atoms with Crippen LogP contribution in [0.5, 0.6) is 11.5 Å². The summed E-state index contributed by atoms with van der Waals surface area (Å²) in [6, 6.07) is 4.28. The molecular formula is C19H21IO11. The Labute approximate surface area is 191 Å². The maximum Gasteiger partial charge on any atom is 0.339 e. The summed E-state index contributed by atoms with van der Waals surface area (Å²) in [7, 11) is 1.09. The highest BCUT2D eigenvalue weighted by molar-refractivity contribution is 14.1. The number of methoxy groups -OCH3 is 1. The van der Waals surface area contributed by atoms with Gasteiger partial charge in [-0.15, -0.1) is 0 Å². The predicted octanol–water partition coefficient (Wildman–Crippen LogP) is 1.07. The second kappa shape index (κ2) is 10.6. The SMILES string of the molecule is COC(=O)[C@@H]1O[C@H](Oc2cc(O)cc(I)c2)[C@@H](OC(C)=O)[C@H](OC(C)=O)[C@H]1OC(C)=O. The van der Waals surface area contributed by atoms with Crippen molar-refractivity contribution >= 4 is 46.5 Å². The van der Waals surface area contributed by atoms with Crippen LogP contribution in [-0.2, 0) is 42.9 Å². The number of esters is 4. The van der Waals surface area contributed by atoms with Gasteiger partial charge in [0, 0.05) is 30.4 Å². The summed E-state index contributed by atoms with van der Waals surface area (Å²) < 4.78 is 32.3. The molecule has 0 amide bonds. The number of rotatable bonds is 6. The molecule has 5 atom stereocenters. The first-order valence-electron chi connectivity index (χ1n) is 8.93. The lowest BCUT2D eigenvalue weighted by Crippen LogP contribution is -2.64. The van der Waals surface area contributed by atoms with E-state index in [0.29, 0.717) is 3.57 Å². The number of halogens is 1. The Balaban J connectivity index is 2.52. The summed E-state index contributed by atoms with van der Waals surface area (Å²) in [6.07, 6.45) is -7.41. The monoisotopic (exact) mass is 552 g/mol. The molecule has 1 aromatic carbocycles. The van der Waals surface area contributed by atoms with Crippen molar-refractivity contribution in [3.63, 3.8) is 0 Å². The standard InChI is InChI=1S/C19H21IO11/c1-8(21)27-14-15(28-9(2)22)17(29-10(3)23)19(31-16(14)18(25)26-4)30-13-6-11(20)5-12(24)7-13/h5-7,14-17,19,24H,1-4H3/t14-,15-,16-,17+,19+/m1/s1. The molecule has 1 aliphatic heterocycles. The van der Waals surface area contributed by atoms with E-state index in [1.165, 1.54) is 12.1 Å². The first-order valence-corrected chi connectivity index (χ1v) is 10.0. The molecule has 1 N–H and O–H groups in total. The molecule has 1 fully saturated rings. The maximum atomic E-state index is 12.3. The number of aromatic hydroxyl groups is 1. The number of phenols is 1. The third-order valence-electron chi connectivity index (χ3n) is 3.94. The third kappa shape index (κ3) is 6.69. The van der Waals surface area contributed by atoms with Gasteiger partial charge in [-0.2, -0.15) is 0 Å². The first-order chi connectivity index (χ1) is 14.5. The van der Waals surface area contributed by atoms with Crippen LogP contribution in [0, 0.1) is 3.57 Å². The van der Waals surface area contributed by atoms with E-state index in [4.69, 9.17) is 28.4 Å². The average Bonchev–Trinajstić information content (AvgIpc) is 2.63. The van der Waals surface area contributed by atoms with Gasteiger partial charge in [0.1, 0.15) is 11.5 Å². The van der Waals surface area contributed by atoms with Gasteiger partial charge in [0.05, 0.1) is 7.11 Å². The molecule has 1 aromatic rings. The highest BCUT2D eigenvalue weighted by Crippen LogP contribution is 2.32. The summed E-state index contributed by atoms with van der Waals surface area (Å²) in [5, 5.41) is 9.81. The molecule has 2 rings (SSSR count). The first kappa shape index (κ1) is 24.7. The Morgan fingerprint density at radius 2 is 1.45 bits per heavy atom. The van der Waals surface area contributed by atoms with Gasteiger partial charge in [0.25, 0.3) is 0 Å². The van der Waals surface area contributed by atoms with E-state index < -0.39 is 54.6 Å². The molecule has 1 heterocycles. The predicted molar refractivity (Wildman–Crippen MR) is 109 cm³/mol. The second-order valence-electron chi connectivity index (χ2n) is 6.43. The van der Waals surface area contributed by atoms with Crippen molar-refractivity contribution in [2.24, 2.45) is 0 Å². The molecule has 12 heteroatoms. The minimum Gasteiger partial charge on any atom is -0.508 e. The number of benzene rings is 1. The zero-order chi connectivity index (χ0) is 23.3. The average molecular weight is 552 g/mol. The van der Waals surface area contributed by atoms with Crippen molar-refractivity contribution in [3.05, 3.63) is 21.8 Å². The molecule has 170 valence electrons. The number of ether oxygens (including phenoxy) is 6. The molecule has 31 heavy (non-hydrogen) atoms. The van der Waals surface area contributed by atoms with Crippen LogP contribution in [0.2, 0.25) is 0 Å². The lowest BCUT2D eigenvalue weighted by molar-refractivity contribution is -0.282. The Bertz CT molecular complexity index is 835. The molecular weight excluding hydrogens is 531 g/mol. The topological polar surface area (TPSA) is 144 Å². The molecule has 1 saturated heterocycles. The Morgan fingerprint density at radius 3 is 1.97 bits per heavy atom. The van der Waals surface area contributed by atoms with Crippen LogP contribution >= 0.6 is 22.6 Å². The van der Waals surface area contributed by atoms with Gasteiger partial charge in [0.2, 0.25) is 12.4 Å². The van der Waals surface area contributed by atoms with Gasteiger partial charge >= 0.3 is 23.9 Å². The van der Waals surface area contributed by atoms with Crippen LogP contribution in [0.25, 0.3) is 0 Å². The molecule has 0 saturated carbocycles. The fraction of sp³-hybridized carbons (Fsp3) is 0.474. The summed E-state index contributed by atoms with van der Waals surface area (Å²) in [5.41, 5.74) is 0. The van der Waals surface area contributed by atoms with Gasteiger partial charge in [0.15, 0.2) is 18.3 Å². The summed E-state index contributed by atoms with van der Waals surface area (Å²) in [5.74, 6) is -3.31. The van der Waals surface area contributed by atoms with Crippen molar-refractivity contribution in [2.45, 2.75) is 51.5 Å². The molecule has 0 spiro atoms. The van der Waals surface area contributed by atoms with Crippen LogP contribution in [0.15, 0.2) is 18.2 Å². The molecule has 0 radical (unpaired) electrons. The molecule has 1 aliphatic rings. The highest BCUT2D eigenvalue weighted by Gasteiger charge is 2.55. The Kier molecular flexibility index (Phi) is 8.44. The number of carbonyl (C=O) groups is 4. The van der Waals surface area contributed by atoms with Crippen LogP contribution in [-0.4, -0.2) is 66.8 Å². The molecule has 0 aromatic heterocycles. The van der Waals surface area contributed by atoms with Gasteiger partial charge in [-0.25, -0.2) is 4.79 Å². The second-order valence-corrected chi connectivity index (χ2v) is 7.68. The summed E-state index contributed by atoms with van der Waals surface area (Å²) >= 11 is 1.94. The largest absolute Gasteiger partial charge is 0.508 e. The number of hydrogen-bond donors (Lipinski definition) is 1. The maximum absolute atomic E-state index is 12.3. The van der Waals surface area contributed by atoms with E-state index in [0.717, 1.165) is 27.9 Å². The molecule has 0 aliphatic carbocycles. The van der Waals surface area contributed by atoms with Gasteiger partial charge < -0.3 is 33.5 Å². The van der Waals surface area contributed by atoms with E-state index in [1.807, 2.05) is 22.6 Å². The number of hydrogen-bond acceptors (Lipinski definition) is 11. The Morgan fingerprint density at radius 1 is 0.903 bits per heavy atom. The van der Waals surface area contributed by atoms with Crippen LogP contribution in [0.1, 0.15) is 20.8 Å². The van der Waals surface area contributed by atoms with Crippen molar-refractivity contribution < 1.29 is 52.7 Å². The van der Waals surface area contributed by atoms with E-state index in [9.17, 15) is 24.3 Å². The number of carbonyl (C=O) groups excluding carboxylic acids is 4. The minimum absolute atomic E-state index is 0.111. The zero-order valence-corrected chi connectivity index (χ0v) is 19.2. The minimum atomic E-state index is -1.56. The van der Waals surface area contributed by atoms with Crippen molar-refractivity contribution in [3.8, 4) is 11.5 Å². The molecule has 11 nitrogen and oxygen atoms in total.